The fraction of sp³-hybridized carbons (Fsp3) is 0.480. The minimum absolute atomic E-state index is 0.0735. The second kappa shape index (κ2) is 11.6. The van der Waals surface area contributed by atoms with Crippen LogP contribution in [0.4, 0.5) is 5.69 Å². The number of benzene rings is 2. The summed E-state index contributed by atoms with van der Waals surface area (Å²) < 4.78 is 10.6. The number of ether oxygens (including phenoxy) is 2. The van der Waals surface area contributed by atoms with E-state index in [1.165, 1.54) is 24.1 Å². The number of hydrogen-bond donors (Lipinski definition) is 3. The van der Waals surface area contributed by atoms with Gasteiger partial charge in [0.2, 0.25) is 0 Å². The van der Waals surface area contributed by atoms with Gasteiger partial charge in [0.1, 0.15) is 11.5 Å². The van der Waals surface area contributed by atoms with Gasteiger partial charge in [-0.15, -0.1) is 0 Å². The summed E-state index contributed by atoms with van der Waals surface area (Å²) in [7, 11) is 3.19. The molecule has 0 aromatic heterocycles. The summed E-state index contributed by atoms with van der Waals surface area (Å²) >= 11 is 0. The highest BCUT2D eigenvalue weighted by Crippen LogP contribution is 2.27. The third-order valence-electron chi connectivity index (χ3n) is 5.72. The van der Waals surface area contributed by atoms with Crippen molar-refractivity contribution in [3.8, 4) is 11.5 Å². The van der Waals surface area contributed by atoms with E-state index in [-0.39, 0.29) is 12.6 Å². The minimum Gasteiger partial charge on any atom is -0.497 e. The summed E-state index contributed by atoms with van der Waals surface area (Å²) in [6.07, 6.45) is 1.75. The molecule has 3 N–H and O–H groups in total. The largest absolute Gasteiger partial charge is 0.497 e. The molecule has 32 heavy (non-hydrogen) atoms. The lowest BCUT2D eigenvalue weighted by molar-refractivity contribution is 0.186. The summed E-state index contributed by atoms with van der Waals surface area (Å²) in [6, 6.07) is 14.1. The molecular weight excluding hydrogens is 404 g/mol. The van der Waals surface area contributed by atoms with Gasteiger partial charge in [-0.1, -0.05) is 12.1 Å². The van der Waals surface area contributed by atoms with Crippen LogP contribution in [0.5, 0.6) is 11.5 Å². The molecule has 1 heterocycles. The first-order valence-electron chi connectivity index (χ1n) is 11.3. The van der Waals surface area contributed by atoms with Crippen LogP contribution in [0, 0.1) is 0 Å². The first-order chi connectivity index (χ1) is 15.5. The maximum atomic E-state index is 10.7. The molecule has 2 aromatic carbocycles. The van der Waals surface area contributed by atoms with Crippen molar-refractivity contribution in [2.24, 2.45) is 4.99 Å². The molecule has 1 fully saturated rings. The Balaban J connectivity index is 1.69. The van der Waals surface area contributed by atoms with Gasteiger partial charge in [0.05, 0.1) is 32.9 Å². The Hall–Kier alpha value is -2.93. The summed E-state index contributed by atoms with van der Waals surface area (Å²) in [5.74, 6) is 1.94. The van der Waals surface area contributed by atoms with E-state index in [1.54, 1.807) is 32.4 Å². The molecule has 0 bridgehead atoms. The maximum Gasteiger partial charge on any atom is 0.191 e. The average molecular weight is 441 g/mol. The molecule has 0 spiro atoms. The van der Waals surface area contributed by atoms with Crippen LogP contribution < -0.4 is 25.0 Å². The number of anilines is 1. The van der Waals surface area contributed by atoms with Crippen LogP contribution in [0.2, 0.25) is 0 Å². The number of aliphatic imine (C=N–C) groups is 1. The lowest BCUT2D eigenvalue weighted by Crippen LogP contribution is -2.39. The van der Waals surface area contributed by atoms with Crippen LogP contribution in [0.15, 0.2) is 47.5 Å². The number of methoxy groups -OCH3 is 2. The van der Waals surface area contributed by atoms with Crippen molar-refractivity contribution >= 4 is 11.6 Å². The van der Waals surface area contributed by atoms with Gasteiger partial charge in [0, 0.05) is 31.4 Å². The molecule has 7 heteroatoms. The molecule has 1 saturated heterocycles. The van der Waals surface area contributed by atoms with Gasteiger partial charge in [-0.05, 0) is 62.1 Å². The molecule has 1 aliphatic heterocycles. The zero-order valence-corrected chi connectivity index (χ0v) is 19.6. The standard InChI is InChI=1S/C25H36N4O3/c1-5-26-25(27-17-24(30)20-14-22(31-3)16-23(15-20)32-4)28-18(2)19-9-8-10-21(13-19)29-11-6-7-12-29/h8-10,13-16,18,24,30H,5-7,11-12,17H2,1-4H3,(H2,26,27,28). The highest BCUT2D eigenvalue weighted by molar-refractivity contribution is 5.80. The minimum atomic E-state index is -0.775. The van der Waals surface area contributed by atoms with E-state index in [2.05, 4.69) is 51.7 Å². The van der Waals surface area contributed by atoms with Crippen molar-refractivity contribution < 1.29 is 14.6 Å². The van der Waals surface area contributed by atoms with Crippen molar-refractivity contribution in [1.29, 1.82) is 0 Å². The van der Waals surface area contributed by atoms with Crippen molar-refractivity contribution in [2.75, 3.05) is 45.3 Å². The van der Waals surface area contributed by atoms with Crippen LogP contribution in [0.1, 0.15) is 50.0 Å². The van der Waals surface area contributed by atoms with Gasteiger partial charge in [-0.3, -0.25) is 4.99 Å². The highest BCUT2D eigenvalue weighted by Gasteiger charge is 2.15. The number of aliphatic hydroxyl groups excluding tert-OH is 1. The summed E-state index contributed by atoms with van der Waals surface area (Å²) in [5.41, 5.74) is 3.18. The van der Waals surface area contributed by atoms with Gasteiger partial charge in [0.25, 0.3) is 0 Å². The number of guanidine groups is 1. The Kier molecular flexibility index (Phi) is 8.62. The second-order valence-corrected chi connectivity index (χ2v) is 8.04. The van der Waals surface area contributed by atoms with E-state index in [4.69, 9.17) is 9.47 Å². The number of nitrogens with zero attached hydrogens (tertiary/aromatic N) is 2. The summed E-state index contributed by atoms with van der Waals surface area (Å²) in [5, 5.41) is 17.4. The molecule has 2 unspecified atom stereocenters. The molecule has 174 valence electrons. The van der Waals surface area contributed by atoms with E-state index in [9.17, 15) is 5.11 Å². The van der Waals surface area contributed by atoms with Crippen molar-refractivity contribution in [2.45, 2.75) is 38.8 Å². The van der Waals surface area contributed by atoms with Gasteiger partial charge < -0.3 is 30.1 Å². The van der Waals surface area contributed by atoms with Crippen molar-refractivity contribution in [1.82, 2.24) is 10.6 Å². The van der Waals surface area contributed by atoms with E-state index >= 15 is 0 Å². The lowest BCUT2D eigenvalue weighted by atomic mass is 10.1. The first kappa shape index (κ1) is 23.7. The zero-order valence-electron chi connectivity index (χ0n) is 19.6. The fourth-order valence-corrected chi connectivity index (χ4v) is 3.88. The predicted octanol–water partition coefficient (Wildman–Crippen LogP) is 3.65. The Morgan fingerprint density at radius 1 is 1.06 bits per heavy atom. The van der Waals surface area contributed by atoms with Gasteiger partial charge in [0.15, 0.2) is 5.96 Å². The van der Waals surface area contributed by atoms with E-state index < -0.39 is 6.10 Å². The normalized spacial score (nSPS) is 15.9. The highest BCUT2D eigenvalue weighted by atomic mass is 16.5. The molecule has 7 nitrogen and oxygen atoms in total. The van der Waals surface area contributed by atoms with Crippen LogP contribution in [0.25, 0.3) is 0 Å². The lowest BCUT2D eigenvalue weighted by Gasteiger charge is -2.22. The summed E-state index contributed by atoms with van der Waals surface area (Å²) in [4.78, 5) is 7.06. The maximum absolute atomic E-state index is 10.7. The number of aliphatic hydroxyl groups is 1. The van der Waals surface area contributed by atoms with E-state index in [0.29, 0.717) is 23.0 Å². The molecule has 0 amide bonds. The van der Waals surface area contributed by atoms with E-state index in [1.807, 2.05) is 6.92 Å². The Morgan fingerprint density at radius 2 is 1.75 bits per heavy atom. The van der Waals surface area contributed by atoms with Crippen molar-refractivity contribution in [3.05, 3.63) is 53.6 Å². The van der Waals surface area contributed by atoms with Gasteiger partial charge >= 0.3 is 0 Å². The average Bonchev–Trinajstić information content (AvgIpc) is 3.37. The SMILES string of the molecule is CCNC(=NCC(O)c1cc(OC)cc(OC)c1)NC(C)c1cccc(N2CCCC2)c1. The molecule has 2 aromatic rings. The first-order valence-corrected chi connectivity index (χ1v) is 11.3. The predicted molar refractivity (Wildman–Crippen MR) is 130 cm³/mol. The Bertz CT molecular complexity index is 874. The van der Waals surface area contributed by atoms with E-state index in [0.717, 1.165) is 19.6 Å². The summed E-state index contributed by atoms with van der Waals surface area (Å²) in [6.45, 7) is 7.35. The molecule has 3 rings (SSSR count). The Labute approximate surface area is 191 Å². The number of rotatable bonds is 9. The molecule has 0 saturated carbocycles. The van der Waals surface area contributed by atoms with Crippen molar-refractivity contribution in [3.63, 3.8) is 0 Å². The third kappa shape index (κ3) is 6.29. The number of nitrogens with one attached hydrogen (secondary N) is 2. The van der Waals surface area contributed by atoms with Crippen LogP contribution in [-0.4, -0.2) is 51.5 Å². The third-order valence-corrected chi connectivity index (χ3v) is 5.72. The molecule has 0 aliphatic carbocycles. The number of hydrogen-bond acceptors (Lipinski definition) is 5. The second-order valence-electron chi connectivity index (χ2n) is 8.04. The Morgan fingerprint density at radius 3 is 2.38 bits per heavy atom. The zero-order chi connectivity index (χ0) is 22.9. The van der Waals surface area contributed by atoms with Crippen LogP contribution in [0.3, 0.4) is 0 Å². The topological polar surface area (TPSA) is 78.4 Å². The molecule has 2 atom stereocenters. The fourth-order valence-electron chi connectivity index (χ4n) is 3.88. The van der Waals surface area contributed by atoms with Gasteiger partial charge in [-0.25, -0.2) is 0 Å². The molecule has 1 aliphatic rings. The quantitative estimate of drug-likeness (QED) is 0.408. The van der Waals surface area contributed by atoms with Crippen LogP contribution >= 0.6 is 0 Å². The monoisotopic (exact) mass is 440 g/mol. The van der Waals surface area contributed by atoms with Crippen LogP contribution in [-0.2, 0) is 0 Å². The molecular formula is C25H36N4O3. The van der Waals surface area contributed by atoms with Gasteiger partial charge in [-0.2, -0.15) is 0 Å². The smallest absolute Gasteiger partial charge is 0.191 e. The molecule has 0 radical (unpaired) electrons.